The number of hydrogen-bond acceptors (Lipinski definition) is 2. The molecule has 130 valence electrons. The van der Waals surface area contributed by atoms with Crippen LogP contribution in [0.25, 0.3) is 0 Å². The highest BCUT2D eigenvalue weighted by Gasteiger charge is 2.17. The molecule has 0 saturated carbocycles. The summed E-state index contributed by atoms with van der Waals surface area (Å²) in [7, 11) is 0. The topological polar surface area (TPSA) is 36.9 Å². The van der Waals surface area contributed by atoms with E-state index in [0.29, 0.717) is 12.5 Å². The molecule has 0 unspecified atom stereocenters. The van der Waals surface area contributed by atoms with E-state index in [1.54, 1.807) is 0 Å². The molecule has 0 bridgehead atoms. The summed E-state index contributed by atoms with van der Waals surface area (Å²) in [6.07, 6.45) is 2.17. The summed E-state index contributed by atoms with van der Waals surface area (Å²) in [6, 6.07) is 3.88. The highest BCUT2D eigenvalue weighted by atomic mass is 127. The van der Waals surface area contributed by atoms with Gasteiger partial charge >= 0.3 is 6.61 Å². The van der Waals surface area contributed by atoms with Crippen molar-refractivity contribution in [2.75, 3.05) is 19.6 Å². The first-order chi connectivity index (χ1) is 10.6. The van der Waals surface area contributed by atoms with Gasteiger partial charge in [-0.15, -0.1) is 24.0 Å². The highest BCUT2D eigenvalue weighted by Crippen LogP contribution is 2.24. The first-order valence-electron chi connectivity index (χ1n) is 7.37. The van der Waals surface area contributed by atoms with Crippen molar-refractivity contribution in [2.24, 2.45) is 4.99 Å². The fraction of sp³-hybridized carbons (Fsp3) is 0.533. The number of guanidine groups is 1. The predicted octanol–water partition coefficient (Wildman–Crippen LogP) is 3.61. The van der Waals surface area contributed by atoms with Crippen molar-refractivity contribution in [2.45, 2.75) is 32.9 Å². The summed E-state index contributed by atoms with van der Waals surface area (Å²) >= 11 is 0. The monoisotopic (exact) mass is 443 g/mol. The number of ether oxygens (including phenoxy) is 1. The zero-order valence-electron chi connectivity index (χ0n) is 12.9. The zero-order valence-corrected chi connectivity index (χ0v) is 15.2. The molecule has 1 aliphatic rings. The van der Waals surface area contributed by atoms with Gasteiger partial charge in [0.15, 0.2) is 5.96 Å². The van der Waals surface area contributed by atoms with Crippen molar-refractivity contribution < 1.29 is 17.9 Å². The van der Waals surface area contributed by atoms with E-state index >= 15 is 0 Å². The molecule has 1 fully saturated rings. The highest BCUT2D eigenvalue weighted by molar-refractivity contribution is 14.0. The SMILES string of the molecule is CCNC(=NCc1c(F)cccc1OC(F)F)N1CCCC1.I. The number of benzene rings is 1. The Balaban J connectivity index is 0.00000264. The zero-order chi connectivity index (χ0) is 15.9. The maximum Gasteiger partial charge on any atom is 0.387 e. The van der Waals surface area contributed by atoms with Crippen molar-refractivity contribution in [3.05, 3.63) is 29.6 Å². The number of aliphatic imine (C=N–C) groups is 1. The molecular weight excluding hydrogens is 422 g/mol. The number of halogens is 4. The molecule has 1 saturated heterocycles. The molecule has 0 spiro atoms. The Morgan fingerprint density at radius 2 is 2.04 bits per heavy atom. The maximum atomic E-state index is 13.9. The second-order valence-electron chi connectivity index (χ2n) is 4.96. The van der Waals surface area contributed by atoms with Crippen LogP contribution in [0, 0.1) is 5.82 Å². The minimum Gasteiger partial charge on any atom is -0.434 e. The van der Waals surface area contributed by atoms with Gasteiger partial charge in [0.2, 0.25) is 0 Å². The van der Waals surface area contributed by atoms with E-state index in [9.17, 15) is 13.2 Å². The van der Waals surface area contributed by atoms with Gasteiger partial charge in [0.25, 0.3) is 0 Å². The van der Waals surface area contributed by atoms with Gasteiger partial charge < -0.3 is 15.0 Å². The summed E-state index contributed by atoms with van der Waals surface area (Å²) in [5, 5.41) is 3.14. The Morgan fingerprint density at radius 1 is 1.35 bits per heavy atom. The standard InChI is InChI=1S/C15H20F3N3O.HI/c1-2-19-15(21-8-3-4-9-21)20-10-11-12(16)6-5-7-13(11)22-14(17)18;/h5-7,14H,2-4,8-10H2,1H3,(H,19,20);1H. The third kappa shape index (κ3) is 5.74. The molecule has 0 aromatic heterocycles. The number of hydrogen-bond donors (Lipinski definition) is 1. The molecule has 1 aliphatic heterocycles. The van der Waals surface area contributed by atoms with E-state index in [1.165, 1.54) is 18.2 Å². The summed E-state index contributed by atoms with van der Waals surface area (Å²) in [4.78, 5) is 6.44. The Morgan fingerprint density at radius 3 is 2.65 bits per heavy atom. The fourth-order valence-electron chi connectivity index (χ4n) is 2.41. The van der Waals surface area contributed by atoms with Gasteiger partial charge in [0.05, 0.1) is 12.1 Å². The van der Waals surface area contributed by atoms with E-state index in [4.69, 9.17) is 0 Å². The van der Waals surface area contributed by atoms with E-state index in [0.717, 1.165) is 25.9 Å². The molecule has 1 aromatic carbocycles. The van der Waals surface area contributed by atoms with Gasteiger partial charge in [0.1, 0.15) is 11.6 Å². The first kappa shape index (κ1) is 19.9. The van der Waals surface area contributed by atoms with Crippen molar-refractivity contribution in [1.82, 2.24) is 10.2 Å². The molecule has 0 amide bonds. The van der Waals surface area contributed by atoms with Gasteiger partial charge in [0, 0.05) is 19.6 Å². The molecular formula is C15H21F3IN3O. The Kier molecular flexibility index (Phi) is 8.49. The van der Waals surface area contributed by atoms with E-state index in [-0.39, 0.29) is 41.8 Å². The molecule has 2 rings (SSSR count). The van der Waals surface area contributed by atoms with Gasteiger partial charge in [-0.25, -0.2) is 9.38 Å². The van der Waals surface area contributed by atoms with Crippen LogP contribution in [0.4, 0.5) is 13.2 Å². The Labute approximate surface area is 151 Å². The van der Waals surface area contributed by atoms with E-state index in [1.807, 2.05) is 6.92 Å². The molecule has 1 N–H and O–H groups in total. The lowest BCUT2D eigenvalue weighted by Crippen LogP contribution is -2.39. The molecule has 0 radical (unpaired) electrons. The smallest absolute Gasteiger partial charge is 0.387 e. The fourth-order valence-corrected chi connectivity index (χ4v) is 2.41. The van der Waals surface area contributed by atoms with Gasteiger partial charge in [-0.05, 0) is 31.9 Å². The molecule has 0 atom stereocenters. The minimum atomic E-state index is -2.99. The van der Waals surface area contributed by atoms with Crippen LogP contribution in [0.3, 0.4) is 0 Å². The second kappa shape index (κ2) is 9.84. The lowest BCUT2D eigenvalue weighted by Gasteiger charge is -2.21. The van der Waals surface area contributed by atoms with Crippen LogP contribution in [0.15, 0.2) is 23.2 Å². The minimum absolute atomic E-state index is 0. The van der Waals surface area contributed by atoms with E-state index in [2.05, 4.69) is 19.9 Å². The number of nitrogens with one attached hydrogen (secondary N) is 1. The molecule has 1 aromatic rings. The normalized spacial score (nSPS) is 14.8. The average molecular weight is 443 g/mol. The number of likely N-dealkylation sites (tertiary alicyclic amines) is 1. The van der Waals surface area contributed by atoms with Gasteiger partial charge in [-0.2, -0.15) is 8.78 Å². The Hall–Kier alpha value is -1.19. The average Bonchev–Trinajstić information content (AvgIpc) is 2.99. The van der Waals surface area contributed by atoms with Crippen molar-refractivity contribution in [3.63, 3.8) is 0 Å². The molecule has 4 nitrogen and oxygen atoms in total. The molecule has 23 heavy (non-hydrogen) atoms. The summed E-state index contributed by atoms with van der Waals surface area (Å²) < 4.78 is 43.0. The summed E-state index contributed by atoms with van der Waals surface area (Å²) in [6.45, 7) is 1.38. The molecule has 0 aliphatic carbocycles. The van der Waals surface area contributed by atoms with Crippen LogP contribution >= 0.6 is 24.0 Å². The predicted molar refractivity (Wildman–Crippen MR) is 94.1 cm³/mol. The van der Waals surface area contributed by atoms with Gasteiger partial charge in [-0.1, -0.05) is 6.07 Å². The van der Waals surface area contributed by atoms with Crippen LogP contribution in [-0.2, 0) is 6.54 Å². The van der Waals surface area contributed by atoms with Gasteiger partial charge in [-0.3, -0.25) is 0 Å². The van der Waals surface area contributed by atoms with Crippen LogP contribution in [-0.4, -0.2) is 37.1 Å². The van der Waals surface area contributed by atoms with E-state index < -0.39 is 12.4 Å². The first-order valence-corrected chi connectivity index (χ1v) is 7.37. The lowest BCUT2D eigenvalue weighted by atomic mass is 10.2. The largest absolute Gasteiger partial charge is 0.434 e. The lowest BCUT2D eigenvalue weighted by molar-refractivity contribution is -0.0506. The summed E-state index contributed by atoms with van der Waals surface area (Å²) in [5.41, 5.74) is 0.0393. The van der Waals surface area contributed by atoms with Crippen molar-refractivity contribution >= 4 is 29.9 Å². The Bertz CT molecular complexity index is 523. The third-order valence-electron chi connectivity index (χ3n) is 3.42. The van der Waals surface area contributed by atoms with Crippen LogP contribution in [0.5, 0.6) is 5.75 Å². The second-order valence-corrected chi connectivity index (χ2v) is 4.96. The maximum absolute atomic E-state index is 13.9. The van der Waals surface area contributed by atoms with Crippen LogP contribution < -0.4 is 10.1 Å². The quantitative estimate of drug-likeness (QED) is 0.430. The van der Waals surface area contributed by atoms with Crippen molar-refractivity contribution in [3.8, 4) is 5.75 Å². The third-order valence-corrected chi connectivity index (χ3v) is 3.42. The van der Waals surface area contributed by atoms with Crippen LogP contribution in [0.2, 0.25) is 0 Å². The number of alkyl halides is 2. The van der Waals surface area contributed by atoms with Crippen molar-refractivity contribution in [1.29, 1.82) is 0 Å². The number of rotatable bonds is 5. The van der Waals surface area contributed by atoms with Crippen LogP contribution in [0.1, 0.15) is 25.3 Å². The molecule has 1 heterocycles. The summed E-state index contributed by atoms with van der Waals surface area (Å²) in [5.74, 6) is -0.0959. The number of nitrogens with zero attached hydrogens (tertiary/aromatic N) is 2. The molecule has 8 heteroatoms.